The van der Waals surface area contributed by atoms with Gasteiger partial charge in [0, 0.05) is 21.9 Å². The molecule has 0 spiro atoms. The van der Waals surface area contributed by atoms with Gasteiger partial charge in [-0.25, -0.2) is 9.97 Å². The Morgan fingerprint density at radius 3 is 0.827 bits per heavy atom. The van der Waals surface area contributed by atoms with E-state index in [1.165, 1.54) is 231 Å². The monoisotopic (exact) mass is 1480 g/mol. The molecule has 7 nitrogen and oxygen atoms in total. The Hall–Kier alpha value is -8.42. The van der Waals surface area contributed by atoms with E-state index >= 15 is 0 Å². The van der Waals surface area contributed by atoms with Crippen LogP contribution in [-0.4, -0.2) is 36.4 Å². The number of aromatic nitrogens is 2. The van der Waals surface area contributed by atoms with Crippen LogP contribution in [-0.2, 0) is 6.61 Å². The topological polar surface area (TPSA) is 71.9 Å². The van der Waals surface area contributed by atoms with E-state index in [0.717, 1.165) is 144 Å². The molecular formula is C103H136N2O5. The van der Waals surface area contributed by atoms with Crippen LogP contribution in [0.15, 0.2) is 170 Å². The highest BCUT2D eigenvalue weighted by Crippen LogP contribution is 2.41. The third-order valence-corrected chi connectivity index (χ3v) is 21.5. The number of hydrogen-bond donors (Lipinski definition) is 0. The van der Waals surface area contributed by atoms with E-state index < -0.39 is 0 Å². The summed E-state index contributed by atoms with van der Waals surface area (Å²) < 4.78 is 32.6. The molecule has 110 heavy (non-hydrogen) atoms. The number of rotatable bonds is 59. The van der Waals surface area contributed by atoms with Gasteiger partial charge in [-0.2, -0.15) is 0 Å². The Labute approximate surface area is 665 Å². The summed E-state index contributed by atoms with van der Waals surface area (Å²) in [7, 11) is 0. The molecule has 2 aromatic heterocycles. The maximum atomic E-state index is 6.73. The maximum absolute atomic E-state index is 6.73. The summed E-state index contributed by atoms with van der Waals surface area (Å²) in [6.07, 6.45) is 65.2. The predicted octanol–water partition coefficient (Wildman–Crippen LogP) is 31.4. The molecule has 0 bridgehead atoms. The fourth-order valence-corrected chi connectivity index (χ4v) is 14.6. The minimum absolute atomic E-state index is 0.473. The zero-order valence-corrected chi connectivity index (χ0v) is 68.4. The highest BCUT2D eigenvalue weighted by atomic mass is 16.5. The highest BCUT2D eigenvalue weighted by Gasteiger charge is 2.17. The van der Waals surface area contributed by atoms with Gasteiger partial charge in [0.25, 0.3) is 0 Å². The van der Waals surface area contributed by atoms with E-state index in [-0.39, 0.29) is 0 Å². The van der Waals surface area contributed by atoms with Gasteiger partial charge in [-0.05, 0) is 137 Å². The Kier molecular flexibility index (Phi) is 41.0. The number of pyridine rings is 2. The van der Waals surface area contributed by atoms with Crippen molar-refractivity contribution in [1.82, 2.24) is 9.97 Å². The lowest BCUT2D eigenvalue weighted by atomic mass is 10.1. The lowest BCUT2D eigenvalue weighted by Gasteiger charge is -2.18. The molecule has 2 heterocycles. The van der Waals surface area contributed by atoms with Gasteiger partial charge in [0.2, 0.25) is 5.75 Å². The highest BCUT2D eigenvalue weighted by molar-refractivity contribution is 6.04. The fraction of sp³-hybridized carbons (Fsp3) is 0.476. The molecule has 9 rings (SSSR count). The smallest absolute Gasteiger partial charge is 0.203 e. The van der Waals surface area contributed by atoms with Crippen LogP contribution in [0.2, 0.25) is 0 Å². The average Bonchev–Trinajstić information content (AvgIpc) is 0.773. The fourth-order valence-electron chi connectivity index (χ4n) is 14.6. The van der Waals surface area contributed by atoms with Gasteiger partial charge in [0.1, 0.15) is 18.1 Å². The molecule has 7 aromatic carbocycles. The molecule has 0 aliphatic rings. The van der Waals surface area contributed by atoms with E-state index in [0.29, 0.717) is 26.4 Å². The van der Waals surface area contributed by atoms with Crippen LogP contribution in [0.4, 0.5) is 0 Å². The van der Waals surface area contributed by atoms with E-state index in [9.17, 15) is 0 Å². The molecular weight excluding hydrogens is 1350 g/mol. The summed E-state index contributed by atoms with van der Waals surface area (Å²) in [6, 6.07) is 59.8. The number of nitrogens with zero attached hydrogens (tertiary/aromatic N) is 2. The largest absolute Gasteiger partial charge is 0.494 e. The van der Waals surface area contributed by atoms with Gasteiger partial charge >= 0.3 is 0 Å². The second-order valence-corrected chi connectivity index (χ2v) is 31.0. The molecule has 9 aromatic rings. The van der Waals surface area contributed by atoms with E-state index in [2.05, 4.69) is 222 Å². The summed E-state index contributed by atoms with van der Waals surface area (Å²) in [5.41, 5.74) is 13.6. The van der Waals surface area contributed by atoms with Gasteiger partial charge in [-0.1, -0.05) is 392 Å². The first-order chi connectivity index (χ1) is 54.4. The van der Waals surface area contributed by atoms with Crippen LogP contribution >= 0.6 is 0 Å². The Balaban J connectivity index is 0.741. The van der Waals surface area contributed by atoms with Crippen molar-refractivity contribution in [2.45, 2.75) is 291 Å². The molecule has 0 saturated heterocycles. The molecule has 588 valence electrons. The first-order valence-corrected chi connectivity index (χ1v) is 44.0. The van der Waals surface area contributed by atoms with E-state index in [1.54, 1.807) is 0 Å². The van der Waals surface area contributed by atoms with Gasteiger partial charge in [-0.15, -0.1) is 0 Å². The molecule has 0 aliphatic heterocycles. The first-order valence-electron chi connectivity index (χ1n) is 44.0. The summed E-state index contributed by atoms with van der Waals surface area (Å²) >= 11 is 0. The minimum Gasteiger partial charge on any atom is -0.494 e. The third kappa shape index (κ3) is 32.5. The SMILES string of the molecule is CCCCCCCCCCCCOc1ccc(-c2ccc3ccc4ccc(-c5ccc(OCc6ccc(/C=C/c7ccc(/C=C/c8ccc(/C=C/c9cc(OCCCCCCCCCCCC)c(OCCCCCCCCCCCC)c(OCCCCCCCCCCCC)c9)cc8)cc7)cc6)cc5)nc4c3n2)cc1. The van der Waals surface area contributed by atoms with Crippen LogP contribution in [0.3, 0.4) is 0 Å². The molecule has 7 heteroatoms. The van der Waals surface area contributed by atoms with Crippen molar-refractivity contribution in [2.24, 2.45) is 0 Å². The number of hydrogen-bond acceptors (Lipinski definition) is 7. The number of unbranched alkanes of at least 4 members (excludes halogenated alkanes) is 36. The summed E-state index contributed by atoms with van der Waals surface area (Å²) in [5.74, 6) is 4.11. The quantitative estimate of drug-likeness (QED) is 0.0214. The van der Waals surface area contributed by atoms with Crippen LogP contribution in [0.1, 0.15) is 323 Å². The van der Waals surface area contributed by atoms with Crippen molar-refractivity contribution in [3.05, 3.63) is 209 Å². The van der Waals surface area contributed by atoms with Crippen LogP contribution in [0.5, 0.6) is 28.7 Å². The van der Waals surface area contributed by atoms with Crippen LogP contribution < -0.4 is 23.7 Å². The summed E-state index contributed by atoms with van der Waals surface area (Å²) in [6.45, 7) is 12.4. The number of fused-ring (bicyclic) bond motifs is 3. The molecule has 0 radical (unpaired) electrons. The van der Waals surface area contributed by atoms with Crippen molar-refractivity contribution in [1.29, 1.82) is 0 Å². The van der Waals surface area contributed by atoms with Crippen molar-refractivity contribution in [3.63, 3.8) is 0 Å². The molecule has 0 aliphatic carbocycles. The molecule has 0 atom stereocenters. The van der Waals surface area contributed by atoms with Crippen molar-refractivity contribution < 1.29 is 23.7 Å². The molecule has 0 N–H and O–H groups in total. The summed E-state index contributed by atoms with van der Waals surface area (Å²) in [5, 5.41) is 2.13. The predicted molar refractivity (Wildman–Crippen MR) is 474 cm³/mol. The molecule has 0 unspecified atom stereocenters. The zero-order chi connectivity index (χ0) is 76.4. The normalized spacial score (nSPS) is 11.7. The molecule has 0 amide bonds. The van der Waals surface area contributed by atoms with Gasteiger partial charge in [-0.3, -0.25) is 0 Å². The Morgan fingerprint density at radius 2 is 0.500 bits per heavy atom. The Morgan fingerprint density at radius 1 is 0.236 bits per heavy atom. The number of benzene rings is 7. The van der Waals surface area contributed by atoms with Crippen molar-refractivity contribution in [3.8, 4) is 51.3 Å². The van der Waals surface area contributed by atoms with Crippen molar-refractivity contribution >= 4 is 58.3 Å². The van der Waals surface area contributed by atoms with Gasteiger partial charge in [0.15, 0.2) is 11.5 Å². The second kappa shape index (κ2) is 52.7. The summed E-state index contributed by atoms with van der Waals surface area (Å²) in [4.78, 5) is 10.4. The van der Waals surface area contributed by atoms with Gasteiger partial charge < -0.3 is 23.7 Å². The molecule has 0 fully saturated rings. The Bertz CT molecular complexity index is 3970. The third-order valence-electron chi connectivity index (χ3n) is 21.5. The van der Waals surface area contributed by atoms with Crippen LogP contribution in [0.25, 0.3) is 80.8 Å². The minimum atomic E-state index is 0.473. The maximum Gasteiger partial charge on any atom is 0.203 e. The zero-order valence-electron chi connectivity index (χ0n) is 68.4. The standard InChI is InChI=1S/C103H136N2O5/c1-5-9-13-17-21-25-29-33-37-41-77-106-95-71-65-91(66-72-95)97-75-69-93-63-64-94-70-76-98(105-102(94)101(93)104-97)92-67-73-96(74-68-92)110-83-89-60-57-88(58-61-89)56-53-85-48-45-84(46-49-85)47-50-86-51-54-87(55-52-86)59-62-90-81-99(107-78-42-38-34-30-26-22-18-14-10-6-2)103(109-80-44-40-36-32-28-24-20-16-12-8-4)100(82-90)108-79-43-39-35-31-27-23-19-15-11-7-3/h45-76,81-82H,5-44,77-80,83H2,1-4H3/b50-47+,56-53+,62-59+. The van der Waals surface area contributed by atoms with E-state index in [4.69, 9.17) is 33.7 Å². The second-order valence-electron chi connectivity index (χ2n) is 31.0. The van der Waals surface area contributed by atoms with E-state index in [1.807, 2.05) is 12.1 Å². The first kappa shape index (κ1) is 85.6. The number of ether oxygens (including phenoxy) is 5. The van der Waals surface area contributed by atoms with Crippen LogP contribution in [0, 0.1) is 0 Å². The molecule has 0 saturated carbocycles. The van der Waals surface area contributed by atoms with Gasteiger partial charge in [0.05, 0.1) is 48.8 Å². The average molecular weight is 1480 g/mol. The lowest BCUT2D eigenvalue weighted by Crippen LogP contribution is -2.07. The van der Waals surface area contributed by atoms with Crippen molar-refractivity contribution in [2.75, 3.05) is 26.4 Å². The lowest BCUT2D eigenvalue weighted by molar-refractivity contribution is 0.234.